The molecule has 38 heavy (non-hydrogen) atoms. The van der Waals surface area contributed by atoms with Gasteiger partial charge in [-0.05, 0) is 94.4 Å². The first-order chi connectivity index (χ1) is 18.4. The minimum atomic E-state index is -3.33. The number of nitrogens with one attached hydrogen (secondary N) is 1. The van der Waals surface area contributed by atoms with Crippen LogP contribution in [0.2, 0.25) is 0 Å². The van der Waals surface area contributed by atoms with Crippen molar-refractivity contribution in [3.8, 4) is 11.5 Å². The Morgan fingerprint density at radius 1 is 1.05 bits per heavy atom. The van der Waals surface area contributed by atoms with Crippen molar-refractivity contribution in [2.24, 2.45) is 0 Å². The number of pyridine rings is 1. The Morgan fingerprint density at radius 2 is 1.79 bits per heavy atom. The summed E-state index contributed by atoms with van der Waals surface area (Å²) >= 11 is 0. The molecule has 1 aliphatic heterocycles. The highest BCUT2D eigenvalue weighted by Gasteiger charge is 2.34. The topological polar surface area (TPSA) is 105 Å². The number of aromatic nitrogens is 2. The van der Waals surface area contributed by atoms with Crippen molar-refractivity contribution >= 4 is 15.7 Å². The molecule has 3 heterocycles. The van der Waals surface area contributed by atoms with Gasteiger partial charge >= 0.3 is 0 Å². The largest absolute Gasteiger partial charge is 0.441 e. The van der Waals surface area contributed by atoms with Crippen molar-refractivity contribution in [2.75, 3.05) is 13.1 Å². The molecule has 5 rings (SSSR count). The molecule has 2 aromatic heterocycles. The quantitative estimate of drug-likeness (QED) is 0.445. The van der Waals surface area contributed by atoms with Gasteiger partial charge in [0.05, 0.1) is 16.7 Å². The second kappa shape index (κ2) is 11.8. The Morgan fingerprint density at radius 3 is 2.47 bits per heavy atom. The average molecular weight is 537 g/mol. The van der Waals surface area contributed by atoms with Crippen LogP contribution in [-0.2, 0) is 22.1 Å². The number of aryl methyl sites for hydroxylation is 1. The van der Waals surface area contributed by atoms with Crippen LogP contribution in [-0.4, -0.2) is 53.6 Å². The zero-order chi connectivity index (χ0) is 26.5. The zero-order valence-electron chi connectivity index (χ0n) is 21.9. The Hall–Kier alpha value is -3.04. The minimum Gasteiger partial charge on any atom is -0.441 e. The van der Waals surface area contributed by atoms with Gasteiger partial charge in [-0.3, -0.25) is 9.78 Å². The number of carbonyl (C=O) groups is 1. The number of rotatable bonds is 8. The van der Waals surface area contributed by atoms with Gasteiger partial charge in [-0.15, -0.1) is 0 Å². The second-order valence-corrected chi connectivity index (χ2v) is 12.8. The maximum absolute atomic E-state index is 13.3. The second-order valence-electron chi connectivity index (χ2n) is 10.5. The van der Waals surface area contributed by atoms with Gasteiger partial charge in [0, 0.05) is 36.1 Å². The third-order valence-corrected chi connectivity index (χ3v) is 10.0. The summed E-state index contributed by atoms with van der Waals surface area (Å²) in [6.45, 7) is 4.46. The van der Waals surface area contributed by atoms with Gasteiger partial charge in [0.15, 0.2) is 9.84 Å². The molecule has 1 N–H and O–H groups in total. The highest BCUT2D eigenvalue weighted by Crippen LogP contribution is 2.31. The number of likely N-dealkylation sites (tertiary alicyclic amines) is 1. The highest BCUT2D eigenvalue weighted by molar-refractivity contribution is 7.91. The molecule has 2 aliphatic rings. The third-order valence-electron chi connectivity index (χ3n) is 7.86. The molecule has 202 valence electrons. The molecule has 0 bridgehead atoms. The summed E-state index contributed by atoms with van der Waals surface area (Å²) in [4.78, 5) is 23.7. The smallest absolute Gasteiger partial charge is 0.251 e. The van der Waals surface area contributed by atoms with Crippen LogP contribution in [0.25, 0.3) is 11.5 Å². The first-order valence-corrected chi connectivity index (χ1v) is 15.3. The van der Waals surface area contributed by atoms with E-state index in [1.807, 2.05) is 12.1 Å². The Balaban J connectivity index is 1.18. The monoisotopic (exact) mass is 536 g/mol. The molecule has 0 atom stereocenters. The molecule has 1 saturated carbocycles. The molecule has 0 spiro atoms. The molecule has 3 aromatic rings. The summed E-state index contributed by atoms with van der Waals surface area (Å²) in [6.07, 6.45) is 10.6. The number of hydrogen-bond acceptors (Lipinski definition) is 7. The van der Waals surface area contributed by atoms with E-state index in [1.165, 1.54) is 19.3 Å². The fraction of sp³-hybridized carbons (Fsp3) is 0.483. The van der Waals surface area contributed by atoms with E-state index in [1.54, 1.807) is 43.6 Å². The van der Waals surface area contributed by atoms with Crippen molar-refractivity contribution < 1.29 is 17.6 Å². The molecular formula is C29H36N4O4S. The number of oxazole rings is 1. The predicted octanol–water partition coefficient (Wildman–Crippen LogP) is 4.69. The summed E-state index contributed by atoms with van der Waals surface area (Å²) < 4.78 is 32.4. The molecular weight excluding hydrogens is 500 g/mol. The van der Waals surface area contributed by atoms with Gasteiger partial charge in [-0.1, -0.05) is 12.5 Å². The number of carbonyl (C=O) groups excluding carboxylic acids is 1. The van der Waals surface area contributed by atoms with Crippen molar-refractivity contribution in [2.45, 2.75) is 75.5 Å². The standard InChI is InChI=1S/C29H36N4O4S/c1-21-27(20-38(35,36)26-13-11-25(12-14-26)33-16-3-2-4-17-33)32-29(37-21)24-9-7-23(8-10-24)28(34)31-19-22-6-5-15-30-18-22/h5-10,15,18,25-26H,2-4,11-14,16-17,19-20H2,1H3,(H,31,34). The van der Waals surface area contributed by atoms with Crippen molar-refractivity contribution in [3.63, 3.8) is 0 Å². The maximum atomic E-state index is 13.3. The molecule has 0 unspecified atom stereocenters. The van der Waals surface area contributed by atoms with Crippen LogP contribution in [0.1, 0.15) is 72.3 Å². The normalized spacial score (nSPS) is 20.8. The molecule has 9 heteroatoms. The SMILES string of the molecule is Cc1oc(-c2ccc(C(=O)NCc3cccnc3)cc2)nc1CS(=O)(=O)C1CCC(N2CCCCC2)CC1. The number of sulfone groups is 1. The van der Waals surface area contributed by atoms with Crippen molar-refractivity contribution in [3.05, 3.63) is 71.4 Å². The molecule has 1 saturated heterocycles. The maximum Gasteiger partial charge on any atom is 0.251 e. The Kier molecular flexibility index (Phi) is 8.24. The fourth-order valence-electron chi connectivity index (χ4n) is 5.60. The molecule has 1 aromatic carbocycles. The van der Waals surface area contributed by atoms with Gasteiger partial charge in [0.1, 0.15) is 5.76 Å². The van der Waals surface area contributed by atoms with E-state index in [-0.39, 0.29) is 16.9 Å². The van der Waals surface area contributed by atoms with E-state index in [9.17, 15) is 13.2 Å². The van der Waals surface area contributed by atoms with Gasteiger partial charge in [0.25, 0.3) is 5.91 Å². The van der Waals surface area contributed by atoms with Gasteiger partial charge in [-0.2, -0.15) is 0 Å². The lowest BCUT2D eigenvalue weighted by atomic mass is 9.92. The molecule has 8 nitrogen and oxygen atoms in total. The fourth-order valence-corrected chi connectivity index (χ4v) is 7.47. The lowest BCUT2D eigenvalue weighted by Crippen LogP contribution is -2.43. The minimum absolute atomic E-state index is 0.101. The number of nitrogens with zero attached hydrogens (tertiary/aromatic N) is 3. The summed E-state index contributed by atoms with van der Waals surface area (Å²) in [5, 5.41) is 2.57. The van der Waals surface area contributed by atoms with E-state index in [0.717, 1.165) is 44.3 Å². The van der Waals surface area contributed by atoms with Gasteiger partial charge < -0.3 is 14.6 Å². The van der Waals surface area contributed by atoms with Crippen molar-refractivity contribution in [1.29, 1.82) is 0 Å². The number of piperidine rings is 1. The van der Waals surface area contributed by atoms with Crippen LogP contribution in [0.15, 0.2) is 53.2 Å². The summed E-state index contributed by atoms with van der Waals surface area (Å²) in [6, 6.07) is 11.2. The molecule has 0 radical (unpaired) electrons. The lowest BCUT2D eigenvalue weighted by molar-refractivity contribution is 0.0951. The Labute approximate surface area is 224 Å². The van der Waals surface area contributed by atoms with E-state index in [4.69, 9.17) is 4.42 Å². The average Bonchev–Trinajstić information content (AvgIpc) is 3.32. The first-order valence-electron chi connectivity index (χ1n) is 13.6. The van der Waals surface area contributed by atoms with E-state index in [0.29, 0.717) is 41.1 Å². The predicted molar refractivity (Wildman–Crippen MR) is 146 cm³/mol. The van der Waals surface area contributed by atoms with Crippen LogP contribution in [0.3, 0.4) is 0 Å². The van der Waals surface area contributed by atoms with Crippen molar-refractivity contribution in [1.82, 2.24) is 20.2 Å². The number of benzene rings is 1. The number of amides is 1. The van der Waals surface area contributed by atoms with E-state index < -0.39 is 9.84 Å². The summed E-state index contributed by atoms with van der Waals surface area (Å²) in [5.41, 5.74) is 2.60. The van der Waals surface area contributed by atoms with Gasteiger partial charge in [-0.25, -0.2) is 13.4 Å². The summed E-state index contributed by atoms with van der Waals surface area (Å²) in [7, 11) is -3.33. The van der Waals surface area contributed by atoms with Crippen LogP contribution in [0, 0.1) is 6.92 Å². The van der Waals surface area contributed by atoms with Crippen LogP contribution in [0.4, 0.5) is 0 Å². The van der Waals surface area contributed by atoms with Crippen LogP contribution in [0.5, 0.6) is 0 Å². The highest BCUT2D eigenvalue weighted by atomic mass is 32.2. The third kappa shape index (κ3) is 6.32. The zero-order valence-corrected chi connectivity index (χ0v) is 22.8. The molecule has 1 aliphatic carbocycles. The number of hydrogen-bond donors (Lipinski definition) is 1. The van der Waals surface area contributed by atoms with Crippen LogP contribution >= 0.6 is 0 Å². The van der Waals surface area contributed by atoms with Gasteiger partial charge in [0.2, 0.25) is 5.89 Å². The molecule has 1 amide bonds. The first kappa shape index (κ1) is 26.6. The van der Waals surface area contributed by atoms with E-state index in [2.05, 4.69) is 20.2 Å². The van der Waals surface area contributed by atoms with Crippen LogP contribution < -0.4 is 5.32 Å². The summed E-state index contributed by atoms with van der Waals surface area (Å²) in [5.74, 6) is 0.592. The Bertz CT molecular complexity index is 1320. The molecule has 2 fully saturated rings. The van der Waals surface area contributed by atoms with E-state index >= 15 is 0 Å². The lowest BCUT2D eigenvalue weighted by Gasteiger charge is -2.38.